The lowest BCUT2D eigenvalue weighted by molar-refractivity contribution is -0.139. The first-order valence-corrected chi connectivity index (χ1v) is 9.15. The van der Waals surface area contributed by atoms with Crippen LogP contribution in [0.15, 0.2) is 36.8 Å². The standard InChI is InChI=1S/C20H26N4O3/c1-23(13-17-4-3-9-24(17)2)12-16-10-15(18-11-21-7-8-22-18)5-6-19(16)27-14-20(25)26/h5-8,10-11,17H,3-4,9,12-14H2,1-2H3,(H,25,26). The Morgan fingerprint density at radius 3 is 2.93 bits per heavy atom. The Labute approximate surface area is 159 Å². The van der Waals surface area contributed by atoms with Crippen LogP contribution in [0.2, 0.25) is 0 Å². The monoisotopic (exact) mass is 370 g/mol. The molecule has 7 heteroatoms. The summed E-state index contributed by atoms with van der Waals surface area (Å²) in [7, 11) is 4.25. The molecule has 1 atom stereocenters. The summed E-state index contributed by atoms with van der Waals surface area (Å²) in [6.45, 7) is 2.43. The van der Waals surface area contributed by atoms with Gasteiger partial charge in [-0.05, 0) is 51.7 Å². The lowest BCUT2D eigenvalue weighted by Gasteiger charge is -2.26. The van der Waals surface area contributed by atoms with E-state index in [1.807, 2.05) is 18.2 Å². The van der Waals surface area contributed by atoms with Gasteiger partial charge in [0.1, 0.15) is 5.75 Å². The summed E-state index contributed by atoms with van der Waals surface area (Å²) in [5.41, 5.74) is 2.66. The molecule has 2 heterocycles. The minimum Gasteiger partial charge on any atom is -0.482 e. The number of aromatic nitrogens is 2. The molecule has 2 aromatic rings. The van der Waals surface area contributed by atoms with Crippen molar-refractivity contribution in [2.45, 2.75) is 25.4 Å². The number of carboxylic acid groups (broad SMARTS) is 1. The highest BCUT2D eigenvalue weighted by molar-refractivity contribution is 5.69. The van der Waals surface area contributed by atoms with Gasteiger partial charge >= 0.3 is 5.97 Å². The maximum atomic E-state index is 10.9. The predicted octanol–water partition coefficient (Wildman–Crippen LogP) is 2.13. The Bertz CT molecular complexity index is 769. The number of carbonyl (C=O) groups is 1. The van der Waals surface area contributed by atoms with E-state index in [1.165, 1.54) is 12.8 Å². The second kappa shape index (κ2) is 8.92. The number of hydrogen-bond donors (Lipinski definition) is 1. The second-order valence-corrected chi connectivity index (χ2v) is 7.07. The van der Waals surface area contributed by atoms with E-state index in [0.29, 0.717) is 18.3 Å². The quantitative estimate of drug-likeness (QED) is 0.762. The van der Waals surface area contributed by atoms with Crippen LogP contribution in [0.1, 0.15) is 18.4 Å². The molecule has 144 valence electrons. The van der Waals surface area contributed by atoms with Gasteiger partial charge in [0, 0.05) is 42.7 Å². The molecule has 1 aromatic carbocycles. The largest absolute Gasteiger partial charge is 0.482 e. The van der Waals surface area contributed by atoms with Crippen molar-refractivity contribution in [2.24, 2.45) is 0 Å². The van der Waals surface area contributed by atoms with E-state index in [9.17, 15) is 4.79 Å². The van der Waals surface area contributed by atoms with Crippen LogP contribution < -0.4 is 4.74 Å². The SMILES string of the molecule is CN(Cc1cc(-c2cnccn2)ccc1OCC(=O)O)CC1CCCN1C. The van der Waals surface area contributed by atoms with E-state index in [1.54, 1.807) is 18.6 Å². The van der Waals surface area contributed by atoms with Gasteiger partial charge in [-0.3, -0.25) is 9.97 Å². The fraction of sp³-hybridized carbons (Fsp3) is 0.450. The van der Waals surface area contributed by atoms with Crippen molar-refractivity contribution in [2.75, 3.05) is 33.8 Å². The summed E-state index contributed by atoms with van der Waals surface area (Å²) in [6, 6.07) is 6.27. The summed E-state index contributed by atoms with van der Waals surface area (Å²) in [6.07, 6.45) is 7.47. The van der Waals surface area contributed by atoms with Crippen molar-refractivity contribution in [1.29, 1.82) is 0 Å². The average Bonchev–Trinajstić information content (AvgIpc) is 3.05. The van der Waals surface area contributed by atoms with Gasteiger partial charge < -0.3 is 19.6 Å². The van der Waals surface area contributed by atoms with Crippen LogP contribution in [0.25, 0.3) is 11.3 Å². The minimum atomic E-state index is -0.986. The third kappa shape index (κ3) is 5.24. The number of benzene rings is 1. The molecule has 0 bridgehead atoms. The van der Waals surface area contributed by atoms with Crippen LogP contribution in [0.3, 0.4) is 0 Å². The molecule has 7 nitrogen and oxygen atoms in total. The van der Waals surface area contributed by atoms with E-state index in [4.69, 9.17) is 9.84 Å². The molecule has 27 heavy (non-hydrogen) atoms. The molecule has 1 aliphatic rings. The normalized spacial score (nSPS) is 17.4. The molecule has 0 saturated carbocycles. The molecule has 1 aromatic heterocycles. The maximum absolute atomic E-state index is 10.9. The molecular weight excluding hydrogens is 344 g/mol. The van der Waals surface area contributed by atoms with Gasteiger partial charge in [0.2, 0.25) is 0 Å². The average molecular weight is 370 g/mol. The Balaban J connectivity index is 1.79. The molecule has 1 fully saturated rings. The zero-order chi connectivity index (χ0) is 19.2. The molecule has 1 unspecified atom stereocenters. The van der Waals surface area contributed by atoms with Crippen LogP contribution in [-0.2, 0) is 11.3 Å². The molecule has 1 N–H and O–H groups in total. The molecule has 0 aliphatic carbocycles. The summed E-state index contributed by atoms with van der Waals surface area (Å²) in [5, 5.41) is 8.94. The van der Waals surface area contributed by atoms with Gasteiger partial charge in [0.25, 0.3) is 0 Å². The first-order valence-electron chi connectivity index (χ1n) is 9.15. The molecular formula is C20H26N4O3. The van der Waals surface area contributed by atoms with E-state index in [-0.39, 0.29) is 6.61 Å². The van der Waals surface area contributed by atoms with E-state index >= 15 is 0 Å². The van der Waals surface area contributed by atoms with Gasteiger partial charge in [0.15, 0.2) is 6.61 Å². The minimum absolute atomic E-state index is 0.355. The number of hydrogen-bond acceptors (Lipinski definition) is 6. The highest BCUT2D eigenvalue weighted by Gasteiger charge is 2.22. The summed E-state index contributed by atoms with van der Waals surface area (Å²) >= 11 is 0. The Morgan fingerprint density at radius 1 is 1.41 bits per heavy atom. The number of likely N-dealkylation sites (tertiary alicyclic amines) is 1. The van der Waals surface area contributed by atoms with Crippen molar-refractivity contribution >= 4 is 5.97 Å². The van der Waals surface area contributed by atoms with Gasteiger partial charge in [-0.25, -0.2) is 4.79 Å². The van der Waals surface area contributed by atoms with Crippen molar-refractivity contribution in [3.05, 3.63) is 42.4 Å². The molecule has 1 saturated heterocycles. The smallest absolute Gasteiger partial charge is 0.341 e. The zero-order valence-electron chi connectivity index (χ0n) is 15.8. The molecule has 0 spiro atoms. The number of nitrogens with zero attached hydrogens (tertiary/aromatic N) is 4. The van der Waals surface area contributed by atoms with Crippen molar-refractivity contribution < 1.29 is 14.6 Å². The maximum Gasteiger partial charge on any atom is 0.341 e. The molecule has 3 rings (SSSR count). The zero-order valence-corrected chi connectivity index (χ0v) is 15.8. The van der Waals surface area contributed by atoms with Gasteiger partial charge in [-0.2, -0.15) is 0 Å². The van der Waals surface area contributed by atoms with Crippen LogP contribution >= 0.6 is 0 Å². The summed E-state index contributed by atoms with van der Waals surface area (Å²) in [5.74, 6) is -0.392. The highest BCUT2D eigenvalue weighted by atomic mass is 16.5. The molecule has 0 radical (unpaired) electrons. The number of likely N-dealkylation sites (N-methyl/N-ethyl adjacent to an activating group) is 2. The number of aliphatic carboxylic acids is 1. The van der Waals surface area contributed by atoms with Gasteiger partial charge in [0.05, 0.1) is 11.9 Å². The van der Waals surface area contributed by atoms with E-state index in [0.717, 1.165) is 29.9 Å². The summed E-state index contributed by atoms with van der Waals surface area (Å²) < 4.78 is 5.51. The topological polar surface area (TPSA) is 78.8 Å². The fourth-order valence-corrected chi connectivity index (χ4v) is 3.52. The second-order valence-electron chi connectivity index (χ2n) is 7.07. The Hall–Kier alpha value is -2.51. The van der Waals surface area contributed by atoms with Crippen LogP contribution in [0.4, 0.5) is 0 Å². The van der Waals surface area contributed by atoms with Crippen molar-refractivity contribution in [1.82, 2.24) is 19.8 Å². The fourth-order valence-electron chi connectivity index (χ4n) is 3.52. The first kappa shape index (κ1) is 19.3. The Morgan fingerprint density at radius 2 is 2.26 bits per heavy atom. The predicted molar refractivity (Wildman–Crippen MR) is 103 cm³/mol. The third-order valence-corrected chi connectivity index (χ3v) is 4.90. The van der Waals surface area contributed by atoms with Crippen molar-refractivity contribution in [3.63, 3.8) is 0 Å². The first-order chi connectivity index (χ1) is 13.0. The van der Waals surface area contributed by atoms with Crippen LogP contribution in [0.5, 0.6) is 5.75 Å². The Kier molecular flexibility index (Phi) is 6.36. The molecule has 1 aliphatic heterocycles. The third-order valence-electron chi connectivity index (χ3n) is 4.90. The lowest BCUT2D eigenvalue weighted by atomic mass is 10.1. The van der Waals surface area contributed by atoms with Gasteiger partial charge in [-0.1, -0.05) is 0 Å². The number of ether oxygens (including phenoxy) is 1. The van der Waals surface area contributed by atoms with E-state index < -0.39 is 5.97 Å². The summed E-state index contributed by atoms with van der Waals surface area (Å²) in [4.78, 5) is 24.0. The van der Waals surface area contributed by atoms with Crippen LogP contribution in [-0.4, -0.2) is 70.7 Å². The number of carboxylic acids is 1. The van der Waals surface area contributed by atoms with E-state index in [2.05, 4.69) is 33.9 Å². The highest BCUT2D eigenvalue weighted by Crippen LogP contribution is 2.27. The molecule has 0 amide bonds. The van der Waals surface area contributed by atoms with Crippen LogP contribution in [0, 0.1) is 0 Å². The number of rotatable bonds is 8. The lowest BCUT2D eigenvalue weighted by Crippen LogP contribution is -2.36. The van der Waals surface area contributed by atoms with Crippen molar-refractivity contribution in [3.8, 4) is 17.0 Å². The van der Waals surface area contributed by atoms with Gasteiger partial charge in [-0.15, -0.1) is 0 Å².